The lowest BCUT2D eigenvalue weighted by Gasteiger charge is -2.21. The van der Waals surface area contributed by atoms with E-state index in [-0.39, 0.29) is 7.21 Å². The van der Waals surface area contributed by atoms with Crippen molar-refractivity contribution >= 4 is 11.6 Å². The van der Waals surface area contributed by atoms with E-state index in [9.17, 15) is 4.79 Å². The monoisotopic (exact) mass is 388 g/mol. The number of carbonyl (C=O) groups excluding carboxylic acids is 1. The van der Waals surface area contributed by atoms with Crippen molar-refractivity contribution in [3.8, 4) is 0 Å². The molecule has 1 saturated heterocycles. The van der Waals surface area contributed by atoms with Crippen LogP contribution < -0.4 is 10.2 Å². The smallest absolute Gasteiger partial charge is 0.213 e. The van der Waals surface area contributed by atoms with Gasteiger partial charge in [-0.05, 0) is 55.6 Å². The standard InChI is InChI=1S/C24H26N4O.H2/c1-18-21(16-20(17-26-18)15-19-7-3-2-4-8-19)24(29)22-9-5-10-23(27-22)28-13-6-11-25-12-14-28;/h2-5,7-10,16-17,25H,6,11-15H2,1H3;1H. The summed E-state index contributed by atoms with van der Waals surface area (Å²) in [5.41, 5.74) is 4.06. The molecule has 1 aliphatic rings. The molecule has 0 atom stereocenters. The van der Waals surface area contributed by atoms with E-state index in [1.54, 1.807) is 6.07 Å². The van der Waals surface area contributed by atoms with Crippen LogP contribution in [0.15, 0.2) is 60.8 Å². The molecule has 1 aromatic carbocycles. The van der Waals surface area contributed by atoms with Crippen LogP contribution in [0.4, 0.5) is 5.82 Å². The molecular weight excluding hydrogens is 360 g/mol. The summed E-state index contributed by atoms with van der Waals surface area (Å²) in [6, 6.07) is 17.9. The maximum Gasteiger partial charge on any atom is 0.213 e. The van der Waals surface area contributed by atoms with E-state index in [1.807, 2.05) is 49.5 Å². The fourth-order valence-electron chi connectivity index (χ4n) is 3.67. The zero-order chi connectivity index (χ0) is 20.1. The van der Waals surface area contributed by atoms with Crippen LogP contribution in [0.2, 0.25) is 0 Å². The lowest BCUT2D eigenvalue weighted by atomic mass is 10.0. The molecule has 1 aliphatic heterocycles. The van der Waals surface area contributed by atoms with Crippen molar-refractivity contribution in [2.24, 2.45) is 0 Å². The van der Waals surface area contributed by atoms with E-state index in [0.717, 1.165) is 56.1 Å². The predicted octanol–water partition coefficient (Wildman–Crippen LogP) is 3.65. The minimum atomic E-state index is -0.0697. The Morgan fingerprint density at radius 3 is 2.79 bits per heavy atom. The number of hydrogen-bond donors (Lipinski definition) is 1. The SMILES string of the molecule is Cc1ncc(Cc2ccccc2)cc1C(=O)c1cccc(N2CCCNCC2)n1.[HH]. The van der Waals surface area contributed by atoms with E-state index in [0.29, 0.717) is 11.3 Å². The van der Waals surface area contributed by atoms with Gasteiger partial charge in [0.25, 0.3) is 0 Å². The quantitative estimate of drug-likeness (QED) is 0.676. The summed E-state index contributed by atoms with van der Waals surface area (Å²) in [4.78, 5) is 24.7. The molecule has 5 nitrogen and oxygen atoms in total. The third-order valence-electron chi connectivity index (χ3n) is 5.27. The fraction of sp³-hybridized carbons (Fsp3) is 0.292. The molecule has 4 rings (SSSR count). The van der Waals surface area contributed by atoms with Crippen LogP contribution in [-0.2, 0) is 6.42 Å². The van der Waals surface area contributed by atoms with Gasteiger partial charge in [0.2, 0.25) is 5.78 Å². The van der Waals surface area contributed by atoms with Crippen LogP contribution in [0.25, 0.3) is 0 Å². The van der Waals surface area contributed by atoms with Gasteiger partial charge in [0.15, 0.2) is 0 Å². The Hall–Kier alpha value is -3.05. The molecule has 1 fully saturated rings. The number of anilines is 1. The van der Waals surface area contributed by atoms with Crippen molar-refractivity contribution in [1.82, 2.24) is 15.3 Å². The maximum absolute atomic E-state index is 13.2. The van der Waals surface area contributed by atoms with Crippen LogP contribution in [0, 0.1) is 6.92 Å². The summed E-state index contributed by atoms with van der Waals surface area (Å²) in [5, 5.41) is 3.40. The molecule has 2 aromatic heterocycles. The zero-order valence-corrected chi connectivity index (χ0v) is 16.8. The average molecular weight is 389 g/mol. The molecule has 0 saturated carbocycles. The van der Waals surface area contributed by atoms with Gasteiger partial charge in [-0.3, -0.25) is 9.78 Å². The largest absolute Gasteiger partial charge is 0.355 e. The third kappa shape index (κ3) is 4.69. The Bertz CT molecular complexity index is 986. The Kier molecular flexibility index (Phi) is 5.96. The molecule has 0 aliphatic carbocycles. The molecule has 0 spiro atoms. The number of ketones is 1. The molecule has 0 amide bonds. The fourth-order valence-corrected chi connectivity index (χ4v) is 3.67. The van der Waals surface area contributed by atoms with Gasteiger partial charge in [0, 0.05) is 38.5 Å². The first-order valence-corrected chi connectivity index (χ1v) is 10.2. The van der Waals surface area contributed by atoms with Crippen molar-refractivity contribution in [2.45, 2.75) is 19.8 Å². The number of carbonyl (C=O) groups is 1. The van der Waals surface area contributed by atoms with Gasteiger partial charge in [-0.2, -0.15) is 0 Å². The van der Waals surface area contributed by atoms with E-state index in [4.69, 9.17) is 0 Å². The normalized spacial score (nSPS) is 14.4. The lowest BCUT2D eigenvalue weighted by molar-refractivity contribution is 0.103. The molecule has 150 valence electrons. The molecule has 3 heterocycles. The van der Waals surface area contributed by atoms with Gasteiger partial charge in [0.1, 0.15) is 11.5 Å². The summed E-state index contributed by atoms with van der Waals surface area (Å²) in [6.45, 7) is 5.69. The third-order valence-corrected chi connectivity index (χ3v) is 5.27. The molecule has 0 radical (unpaired) electrons. The number of nitrogens with one attached hydrogen (secondary N) is 1. The zero-order valence-electron chi connectivity index (χ0n) is 16.8. The maximum atomic E-state index is 13.2. The van der Waals surface area contributed by atoms with Gasteiger partial charge >= 0.3 is 0 Å². The van der Waals surface area contributed by atoms with Crippen LogP contribution in [0.1, 0.15) is 40.7 Å². The second kappa shape index (κ2) is 8.97. The summed E-state index contributed by atoms with van der Waals surface area (Å²) < 4.78 is 0. The highest BCUT2D eigenvalue weighted by Gasteiger charge is 2.17. The molecule has 1 N–H and O–H groups in total. The number of hydrogen-bond acceptors (Lipinski definition) is 5. The Morgan fingerprint density at radius 2 is 1.93 bits per heavy atom. The van der Waals surface area contributed by atoms with Gasteiger partial charge in [-0.1, -0.05) is 36.4 Å². The first kappa shape index (κ1) is 19.3. The van der Waals surface area contributed by atoms with Crippen molar-refractivity contribution < 1.29 is 6.22 Å². The van der Waals surface area contributed by atoms with Gasteiger partial charge in [-0.15, -0.1) is 0 Å². The molecule has 0 bridgehead atoms. The highest BCUT2D eigenvalue weighted by Crippen LogP contribution is 2.18. The van der Waals surface area contributed by atoms with Crippen LogP contribution in [0.5, 0.6) is 0 Å². The van der Waals surface area contributed by atoms with Gasteiger partial charge in [-0.25, -0.2) is 4.98 Å². The van der Waals surface area contributed by atoms with E-state index < -0.39 is 0 Å². The van der Waals surface area contributed by atoms with Gasteiger partial charge < -0.3 is 10.2 Å². The van der Waals surface area contributed by atoms with E-state index in [2.05, 4.69) is 32.3 Å². The topological polar surface area (TPSA) is 58.1 Å². The summed E-state index contributed by atoms with van der Waals surface area (Å²) >= 11 is 0. The number of pyridine rings is 2. The Labute approximate surface area is 173 Å². The van der Waals surface area contributed by atoms with Crippen LogP contribution >= 0.6 is 0 Å². The van der Waals surface area contributed by atoms with E-state index in [1.165, 1.54) is 5.56 Å². The predicted molar refractivity (Wildman–Crippen MR) is 118 cm³/mol. The Balaban J connectivity index is 0.00000256. The second-order valence-electron chi connectivity index (χ2n) is 7.44. The molecular formula is C24H28N4O. The Morgan fingerprint density at radius 1 is 1.07 bits per heavy atom. The minimum absolute atomic E-state index is 0. The molecule has 3 aromatic rings. The summed E-state index contributed by atoms with van der Waals surface area (Å²) in [5.74, 6) is 0.797. The molecule has 0 unspecified atom stereocenters. The highest BCUT2D eigenvalue weighted by atomic mass is 16.1. The second-order valence-corrected chi connectivity index (χ2v) is 7.44. The number of aryl methyl sites for hydroxylation is 1. The number of nitrogens with zero attached hydrogens (tertiary/aromatic N) is 3. The van der Waals surface area contributed by atoms with Crippen LogP contribution in [0.3, 0.4) is 0 Å². The first-order chi connectivity index (χ1) is 14.2. The van der Waals surface area contributed by atoms with Crippen molar-refractivity contribution in [3.63, 3.8) is 0 Å². The minimum Gasteiger partial charge on any atom is -0.355 e. The number of aromatic nitrogens is 2. The highest BCUT2D eigenvalue weighted by molar-refractivity contribution is 6.08. The van der Waals surface area contributed by atoms with Crippen molar-refractivity contribution in [1.29, 1.82) is 0 Å². The number of benzene rings is 1. The van der Waals surface area contributed by atoms with Crippen molar-refractivity contribution in [3.05, 3.63) is 88.9 Å². The van der Waals surface area contributed by atoms with Crippen LogP contribution in [-0.4, -0.2) is 41.9 Å². The average Bonchev–Trinajstić information content (AvgIpc) is 3.05. The molecule has 29 heavy (non-hydrogen) atoms. The first-order valence-electron chi connectivity index (χ1n) is 10.2. The van der Waals surface area contributed by atoms with Crippen molar-refractivity contribution in [2.75, 3.05) is 31.1 Å². The summed E-state index contributed by atoms with van der Waals surface area (Å²) in [7, 11) is 0. The summed E-state index contributed by atoms with van der Waals surface area (Å²) in [6.07, 6.45) is 3.68. The number of rotatable bonds is 5. The van der Waals surface area contributed by atoms with Gasteiger partial charge in [0.05, 0.1) is 0 Å². The molecule has 5 heteroatoms. The lowest BCUT2D eigenvalue weighted by Crippen LogP contribution is -2.29. The van der Waals surface area contributed by atoms with E-state index >= 15 is 0 Å².